The maximum Gasteiger partial charge on any atom is 0.408 e. The summed E-state index contributed by atoms with van der Waals surface area (Å²) in [4.78, 5) is 24.4. The Kier molecular flexibility index (Phi) is 6.89. The number of rotatable bonds is 6. The Morgan fingerprint density at radius 3 is 2.43 bits per heavy atom. The van der Waals surface area contributed by atoms with Crippen LogP contribution in [0.25, 0.3) is 10.8 Å². The van der Waals surface area contributed by atoms with Gasteiger partial charge >= 0.3 is 12.1 Å². The van der Waals surface area contributed by atoms with Crippen molar-refractivity contribution in [2.24, 2.45) is 0 Å². The Bertz CT molecular complexity index is 892. The SMILES string of the molecule is C#CCOc1ccc(C[C@H](NC(=O)OC(C)(C)C)C(=O)OC)c2ccccc12. The molecule has 1 amide bonds. The first-order valence-corrected chi connectivity index (χ1v) is 8.89. The molecule has 2 aromatic rings. The molecule has 6 heteroatoms. The van der Waals surface area contributed by atoms with Crippen LogP contribution in [0, 0.1) is 12.3 Å². The molecule has 28 heavy (non-hydrogen) atoms. The molecule has 0 unspecified atom stereocenters. The fourth-order valence-corrected chi connectivity index (χ4v) is 2.76. The van der Waals surface area contributed by atoms with Gasteiger partial charge < -0.3 is 19.5 Å². The molecule has 6 nitrogen and oxygen atoms in total. The van der Waals surface area contributed by atoms with Crippen molar-refractivity contribution in [3.63, 3.8) is 0 Å². The molecule has 2 aromatic carbocycles. The Balaban J connectivity index is 2.31. The van der Waals surface area contributed by atoms with Crippen LogP contribution in [0.3, 0.4) is 0 Å². The number of hydrogen-bond acceptors (Lipinski definition) is 5. The van der Waals surface area contributed by atoms with Gasteiger partial charge in [0.15, 0.2) is 0 Å². The zero-order chi connectivity index (χ0) is 20.7. The zero-order valence-electron chi connectivity index (χ0n) is 16.6. The van der Waals surface area contributed by atoms with Crippen molar-refractivity contribution < 1.29 is 23.8 Å². The molecule has 1 N–H and O–H groups in total. The van der Waals surface area contributed by atoms with Crippen molar-refractivity contribution in [2.45, 2.75) is 38.8 Å². The number of nitrogens with one attached hydrogen (secondary N) is 1. The zero-order valence-corrected chi connectivity index (χ0v) is 16.6. The number of carbonyl (C=O) groups is 2. The van der Waals surface area contributed by atoms with E-state index in [1.54, 1.807) is 26.8 Å². The number of benzene rings is 2. The monoisotopic (exact) mass is 383 g/mol. The lowest BCUT2D eigenvalue weighted by Crippen LogP contribution is -2.45. The summed E-state index contributed by atoms with van der Waals surface area (Å²) < 4.78 is 15.7. The highest BCUT2D eigenvalue weighted by Gasteiger charge is 2.26. The number of amides is 1. The lowest BCUT2D eigenvalue weighted by molar-refractivity contribution is -0.143. The normalized spacial score (nSPS) is 12.0. The molecular weight excluding hydrogens is 358 g/mol. The minimum atomic E-state index is -0.888. The van der Waals surface area contributed by atoms with Gasteiger partial charge in [0.05, 0.1) is 7.11 Å². The third-order valence-corrected chi connectivity index (χ3v) is 3.89. The van der Waals surface area contributed by atoms with E-state index in [0.29, 0.717) is 5.75 Å². The summed E-state index contributed by atoms with van der Waals surface area (Å²) in [6.07, 6.45) is 4.83. The van der Waals surface area contributed by atoms with Crippen LogP contribution in [0.4, 0.5) is 4.79 Å². The number of fused-ring (bicyclic) bond motifs is 1. The molecule has 0 saturated carbocycles. The topological polar surface area (TPSA) is 73.9 Å². The first-order valence-electron chi connectivity index (χ1n) is 8.89. The molecule has 0 heterocycles. The Morgan fingerprint density at radius 1 is 1.14 bits per heavy atom. The highest BCUT2D eigenvalue weighted by molar-refractivity contribution is 5.92. The first kappa shape index (κ1) is 21.1. The first-order chi connectivity index (χ1) is 13.2. The van der Waals surface area contributed by atoms with E-state index >= 15 is 0 Å². The number of esters is 1. The van der Waals surface area contributed by atoms with E-state index in [0.717, 1.165) is 16.3 Å². The predicted octanol–water partition coefficient (Wildman–Crippen LogP) is 3.46. The maximum absolute atomic E-state index is 12.2. The average molecular weight is 383 g/mol. The van der Waals surface area contributed by atoms with Gasteiger partial charge in [-0.25, -0.2) is 9.59 Å². The molecule has 0 bridgehead atoms. The van der Waals surface area contributed by atoms with E-state index in [1.165, 1.54) is 7.11 Å². The van der Waals surface area contributed by atoms with Gasteiger partial charge in [0.1, 0.15) is 24.0 Å². The van der Waals surface area contributed by atoms with Crippen molar-refractivity contribution in [2.75, 3.05) is 13.7 Å². The van der Waals surface area contributed by atoms with E-state index in [1.807, 2.05) is 30.3 Å². The molecule has 0 aliphatic carbocycles. The van der Waals surface area contributed by atoms with Crippen molar-refractivity contribution >= 4 is 22.8 Å². The summed E-state index contributed by atoms with van der Waals surface area (Å²) in [7, 11) is 1.28. The third-order valence-electron chi connectivity index (χ3n) is 3.89. The van der Waals surface area contributed by atoms with E-state index < -0.39 is 23.7 Å². The van der Waals surface area contributed by atoms with E-state index in [4.69, 9.17) is 20.6 Å². The van der Waals surface area contributed by atoms with Crippen molar-refractivity contribution in [3.05, 3.63) is 42.0 Å². The molecule has 2 rings (SSSR count). The minimum absolute atomic E-state index is 0.161. The van der Waals surface area contributed by atoms with Gasteiger partial charge in [-0.2, -0.15) is 0 Å². The van der Waals surface area contributed by atoms with Gasteiger partial charge in [-0.15, -0.1) is 6.42 Å². The standard InChI is InChI=1S/C22H25NO5/c1-6-13-27-19-12-11-15(16-9-7-8-10-17(16)19)14-18(20(24)26-5)23-21(25)28-22(2,3)4/h1,7-12,18H,13-14H2,2-5H3,(H,23,25)/t18-/m0/s1. The van der Waals surface area contributed by atoms with Crippen LogP contribution in [-0.4, -0.2) is 37.4 Å². The second-order valence-corrected chi connectivity index (χ2v) is 7.19. The van der Waals surface area contributed by atoms with Gasteiger partial charge in [-0.3, -0.25) is 0 Å². The molecule has 0 radical (unpaired) electrons. The van der Waals surface area contributed by atoms with Crippen LogP contribution < -0.4 is 10.1 Å². The summed E-state index contributed by atoms with van der Waals surface area (Å²) in [5.41, 5.74) is 0.183. The summed E-state index contributed by atoms with van der Waals surface area (Å²) in [5.74, 6) is 2.55. The number of hydrogen-bond donors (Lipinski definition) is 1. The smallest absolute Gasteiger partial charge is 0.408 e. The molecular formula is C22H25NO5. The quantitative estimate of drug-likeness (QED) is 0.611. The highest BCUT2D eigenvalue weighted by atomic mass is 16.6. The van der Waals surface area contributed by atoms with E-state index in [-0.39, 0.29) is 13.0 Å². The molecule has 148 valence electrons. The van der Waals surface area contributed by atoms with Crippen LogP contribution in [0.15, 0.2) is 36.4 Å². The van der Waals surface area contributed by atoms with E-state index in [9.17, 15) is 9.59 Å². The number of alkyl carbamates (subject to hydrolysis) is 1. The predicted molar refractivity (Wildman–Crippen MR) is 107 cm³/mol. The number of terminal acetylenes is 1. The molecule has 0 fully saturated rings. The number of carbonyl (C=O) groups excluding carboxylic acids is 2. The van der Waals surface area contributed by atoms with Gasteiger partial charge in [0, 0.05) is 11.8 Å². The van der Waals surface area contributed by atoms with Crippen molar-refractivity contribution in [3.8, 4) is 18.1 Å². The Hall–Kier alpha value is -3.20. The van der Waals surface area contributed by atoms with Gasteiger partial charge in [-0.05, 0) is 37.8 Å². The molecule has 0 aromatic heterocycles. The second-order valence-electron chi connectivity index (χ2n) is 7.19. The largest absolute Gasteiger partial charge is 0.480 e. The summed E-state index contributed by atoms with van der Waals surface area (Å²) in [6, 6.07) is 10.4. The summed E-state index contributed by atoms with van der Waals surface area (Å²) in [5, 5.41) is 4.36. The fourth-order valence-electron chi connectivity index (χ4n) is 2.76. The van der Waals surface area contributed by atoms with Crippen LogP contribution in [0.1, 0.15) is 26.3 Å². The van der Waals surface area contributed by atoms with Crippen molar-refractivity contribution in [1.82, 2.24) is 5.32 Å². The van der Waals surface area contributed by atoms with Crippen LogP contribution in [0.2, 0.25) is 0 Å². The lowest BCUT2D eigenvalue weighted by atomic mass is 9.98. The molecule has 0 aliphatic rings. The van der Waals surface area contributed by atoms with Gasteiger partial charge in [0.2, 0.25) is 0 Å². The van der Waals surface area contributed by atoms with Crippen LogP contribution in [0.5, 0.6) is 5.75 Å². The fraction of sp³-hybridized carbons (Fsp3) is 0.364. The Labute approximate surface area is 165 Å². The second kappa shape index (κ2) is 9.14. The number of methoxy groups -OCH3 is 1. The van der Waals surface area contributed by atoms with Crippen LogP contribution in [-0.2, 0) is 20.7 Å². The maximum atomic E-state index is 12.2. The summed E-state index contributed by atoms with van der Waals surface area (Å²) >= 11 is 0. The molecule has 0 saturated heterocycles. The van der Waals surface area contributed by atoms with Crippen LogP contribution >= 0.6 is 0 Å². The average Bonchev–Trinajstić information content (AvgIpc) is 2.64. The molecule has 1 atom stereocenters. The number of ether oxygens (including phenoxy) is 3. The third kappa shape index (κ3) is 5.65. The Morgan fingerprint density at radius 2 is 1.82 bits per heavy atom. The highest BCUT2D eigenvalue weighted by Crippen LogP contribution is 2.29. The van der Waals surface area contributed by atoms with Crippen molar-refractivity contribution in [1.29, 1.82) is 0 Å². The van der Waals surface area contributed by atoms with Gasteiger partial charge in [-0.1, -0.05) is 36.3 Å². The summed E-state index contributed by atoms with van der Waals surface area (Å²) in [6.45, 7) is 5.42. The van der Waals surface area contributed by atoms with E-state index in [2.05, 4.69) is 11.2 Å². The minimum Gasteiger partial charge on any atom is -0.480 e. The lowest BCUT2D eigenvalue weighted by Gasteiger charge is -2.23. The van der Waals surface area contributed by atoms with Gasteiger partial charge in [0.25, 0.3) is 0 Å². The molecule has 0 aliphatic heterocycles. The molecule has 0 spiro atoms.